The molecule has 3 unspecified atom stereocenters. The fraction of sp³-hybridized carbons (Fsp3) is 0.917. The molecule has 0 spiro atoms. The first kappa shape index (κ1) is 16.6. The fourth-order valence-electron chi connectivity index (χ4n) is 1.48. The number of hydrogen-bond acceptors (Lipinski definition) is 3. The van der Waals surface area contributed by atoms with Gasteiger partial charge >= 0.3 is 6.03 Å². The van der Waals surface area contributed by atoms with Crippen LogP contribution in [-0.4, -0.2) is 41.8 Å². The van der Waals surface area contributed by atoms with Crippen LogP contribution in [0.1, 0.15) is 33.6 Å². The molecule has 0 radical (unpaired) electrons. The van der Waals surface area contributed by atoms with Gasteiger partial charge in [-0.05, 0) is 25.5 Å². The van der Waals surface area contributed by atoms with Crippen LogP contribution in [0, 0.1) is 5.92 Å². The molecule has 0 heterocycles. The van der Waals surface area contributed by atoms with Crippen molar-refractivity contribution in [2.75, 3.05) is 18.6 Å². The normalized spacial score (nSPS) is 16.1. The van der Waals surface area contributed by atoms with Crippen molar-refractivity contribution in [1.29, 1.82) is 0 Å². The second-order valence-electron chi connectivity index (χ2n) is 4.46. The molecule has 0 aliphatic carbocycles. The topological polar surface area (TPSA) is 61.4 Å². The number of aliphatic hydroxyl groups excluding tert-OH is 1. The molecule has 0 saturated carbocycles. The number of carbonyl (C=O) groups is 1. The van der Waals surface area contributed by atoms with Crippen molar-refractivity contribution in [3.8, 4) is 0 Å². The van der Waals surface area contributed by atoms with E-state index in [4.69, 9.17) is 5.11 Å². The summed E-state index contributed by atoms with van der Waals surface area (Å²) in [7, 11) is 0. The van der Waals surface area contributed by atoms with Crippen LogP contribution in [0.15, 0.2) is 0 Å². The minimum atomic E-state index is -0.134. The summed E-state index contributed by atoms with van der Waals surface area (Å²) < 4.78 is 0. The molecule has 0 saturated heterocycles. The Kier molecular flexibility index (Phi) is 9.36. The third-order valence-electron chi connectivity index (χ3n) is 3.04. The highest BCUT2D eigenvalue weighted by atomic mass is 32.2. The zero-order chi connectivity index (χ0) is 13.3. The Morgan fingerprint density at radius 3 is 2.47 bits per heavy atom. The molecule has 5 heteroatoms. The molecule has 0 rings (SSSR count). The highest BCUT2D eigenvalue weighted by Gasteiger charge is 2.15. The number of hydrogen-bond donors (Lipinski definition) is 3. The van der Waals surface area contributed by atoms with Crippen LogP contribution in [0.4, 0.5) is 4.79 Å². The second-order valence-corrected chi connectivity index (χ2v) is 5.37. The first-order valence-corrected chi connectivity index (χ1v) is 7.61. The smallest absolute Gasteiger partial charge is 0.315 e. The quantitative estimate of drug-likeness (QED) is 0.625. The number of rotatable bonds is 8. The number of nitrogens with one attached hydrogen (secondary N) is 2. The van der Waals surface area contributed by atoms with Crippen molar-refractivity contribution in [3.63, 3.8) is 0 Å². The Hall–Kier alpha value is -0.420. The highest BCUT2D eigenvalue weighted by Crippen LogP contribution is 2.06. The maximum Gasteiger partial charge on any atom is 0.315 e. The summed E-state index contributed by atoms with van der Waals surface area (Å²) >= 11 is 1.67. The number of aliphatic hydroxyl groups is 1. The minimum Gasteiger partial charge on any atom is -0.396 e. The Bertz CT molecular complexity index is 209. The van der Waals surface area contributed by atoms with Crippen LogP contribution in [0.3, 0.4) is 0 Å². The van der Waals surface area contributed by atoms with Crippen molar-refractivity contribution < 1.29 is 9.90 Å². The van der Waals surface area contributed by atoms with Gasteiger partial charge < -0.3 is 15.7 Å². The molecule has 102 valence electrons. The van der Waals surface area contributed by atoms with Crippen molar-refractivity contribution in [1.82, 2.24) is 10.6 Å². The molecule has 17 heavy (non-hydrogen) atoms. The van der Waals surface area contributed by atoms with Gasteiger partial charge in [-0.15, -0.1) is 0 Å². The van der Waals surface area contributed by atoms with Crippen LogP contribution < -0.4 is 10.6 Å². The van der Waals surface area contributed by atoms with E-state index >= 15 is 0 Å². The standard InChI is InChI=1S/C12H26N2O2S/c1-5-9(2)10(3)13-12(16)14-11(6-7-15)8-17-4/h9-11,15H,5-8H2,1-4H3,(H2,13,14,16). The molecule has 0 aromatic carbocycles. The van der Waals surface area contributed by atoms with Gasteiger partial charge in [0.15, 0.2) is 0 Å². The van der Waals surface area contributed by atoms with Gasteiger partial charge in [0, 0.05) is 24.4 Å². The monoisotopic (exact) mass is 262 g/mol. The summed E-state index contributed by atoms with van der Waals surface area (Å²) in [6.07, 6.45) is 3.64. The van der Waals surface area contributed by atoms with E-state index in [-0.39, 0.29) is 24.7 Å². The zero-order valence-electron chi connectivity index (χ0n) is 11.3. The van der Waals surface area contributed by atoms with Crippen LogP contribution in [-0.2, 0) is 0 Å². The van der Waals surface area contributed by atoms with Crippen LogP contribution in [0.5, 0.6) is 0 Å². The third-order valence-corrected chi connectivity index (χ3v) is 3.77. The van der Waals surface area contributed by atoms with E-state index in [1.165, 1.54) is 0 Å². The number of urea groups is 1. The van der Waals surface area contributed by atoms with Gasteiger partial charge in [0.1, 0.15) is 0 Å². The lowest BCUT2D eigenvalue weighted by molar-refractivity contribution is 0.224. The van der Waals surface area contributed by atoms with E-state index < -0.39 is 0 Å². The van der Waals surface area contributed by atoms with Gasteiger partial charge in [0.25, 0.3) is 0 Å². The number of carbonyl (C=O) groups excluding carboxylic acids is 1. The lowest BCUT2D eigenvalue weighted by Gasteiger charge is -2.23. The molecule has 0 aliphatic heterocycles. The van der Waals surface area contributed by atoms with E-state index in [0.29, 0.717) is 12.3 Å². The van der Waals surface area contributed by atoms with Gasteiger partial charge in [-0.3, -0.25) is 0 Å². The van der Waals surface area contributed by atoms with Gasteiger partial charge in [0.2, 0.25) is 0 Å². The molecule has 0 aromatic heterocycles. The second kappa shape index (κ2) is 9.59. The average molecular weight is 262 g/mol. The van der Waals surface area contributed by atoms with E-state index in [9.17, 15) is 4.79 Å². The number of thioether (sulfide) groups is 1. The lowest BCUT2D eigenvalue weighted by atomic mass is 10.0. The van der Waals surface area contributed by atoms with Gasteiger partial charge in [0.05, 0.1) is 0 Å². The predicted octanol–water partition coefficient (Wildman–Crippen LogP) is 1.83. The minimum absolute atomic E-state index is 0.0409. The summed E-state index contributed by atoms with van der Waals surface area (Å²) in [5.74, 6) is 1.30. The molecule has 2 amide bonds. The maximum absolute atomic E-state index is 11.7. The predicted molar refractivity (Wildman–Crippen MR) is 74.5 cm³/mol. The van der Waals surface area contributed by atoms with Crippen LogP contribution >= 0.6 is 11.8 Å². The Balaban J connectivity index is 4.04. The van der Waals surface area contributed by atoms with Crippen molar-refractivity contribution in [2.45, 2.75) is 45.7 Å². The Morgan fingerprint density at radius 2 is 2.00 bits per heavy atom. The maximum atomic E-state index is 11.7. The van der Waals surface area contributed by atoms with Crippen molar-refractivity contribution >= 4 is 17.8 Å². The number of amides is 2. The Labute approximate surface area is 109 Å². The largest absolute Gasteiger partial charge is 0.396 e. The molecule has 0 bridgehead atoms. The van der Waals surface area contributed by atoms with E-state index in [1.807, 2.05) is 13.2 Å². The summed E-state index contributed by atoms with van der Waals surface area (Å²) in [5.41, 5.74) is 0. The molecule has 0 fully saturated rings. The molecular weight excluding hydrogens is 236 g/mol. The van der Waals surface area contributed by atoms with Gasteiger partial charge in [-0.25, -0.2) is 4.79 Å². The highest BCUT2D eigenvalue weighted by molar-refractivity contribution is 7.98. The molecule has 3 atom stereocenters. The average Bonchev–Trinajstić information content (AvgIpc) is 2.28. The Morgan fingerprint density at radius 1 is 1.35 bits per heavy atom. The summed E-state index contributed by atoms with van der Waals surface area (Å²) in [6.45, 7) is 6.36. The van der Waals surface area contributed by atoms with Crippen molar-refractivity contribution in [2.24, 2.45) is 5.92 Å². The summed E-state index contributed by atoms with van der Waals surface area (Å²) in [4.78, 5) is 11.7. The first-order chi connectivity index (χ1) is 8.04. The third kappa shape index (κ3) is 7.49. The molecular formula is C12H26N2O2S. The zero-order valence-corrected chi connectivity index (χ0v) is 12.1. The van der Waals surface area contributed by atoms with E-state index in [0.717, 1.165) is 12.2 Å². The lowest BCUT2D eigenvalue weighted by Crippen LogP contribution is -2.48. The van der Waals surface area contributed by atoms with Crippen LogP contribution in [0.25, 0.3) is 0 Å². The van der Waals surface area contributed by atoms with E-state index in [1.54, 1.807) is 11.8 Å². The SMILES string of the molecule is CCC(C)C(C)NC(=O)NC(CCO)CSC. The summed E-state index contributed by atoms with van der Waals surface area (Å²) in [6, 6.07) is 0.0773. The first-order valence-electron chi connectivity index (χ1n) is 6.21. The fourth-order valence-corrected chi connectivity index (χ4v) is 2.14. The van der Waals surface area contributed by atoms with E-state index in [2.05, 4.69) is 24.5 Å². The van der Waals surface area contributed by atoms with Gasteiger partial charge in [-0.1, -0.05) is 20.3 Å². The molecule has 0 aliphatic rings. The van der Waals surface area contributed by atoms with Crippen molar-refractivity contribution in [3.05, 3.63) is 0 Å². The molecule has 0 aromatic rings. The molecule has 3 N–H and O–H groups in total. The summed E-state index contributed by atoms with van der Waals surface area (Å²) in [5, 5.41) is 14.7. The molecule has 4 nitrogen and oxygen atoms in total. The van der Waals surface area contributed by atoms with Gasteiger partial charge in [-0.2, -0.15) is 11.8 Å². The van der Waals surface area contributed by atoms with Crippen LogP contribution in [0.2, 0.25) is 0 Å².